The lowest BCUT2D eigenvalue weighted by Gasteiger charge is -2.21. The Morgan fingerprint density at radius 1 is 0.286 bits per heavy atom. The van der Waals surface area contributed by atoms with Gasteiger partial charge in [0, 0.05) is 25.7 Å². The number of ether oxygens (including phenoxy) is 4. The fourth-order valence-corrected chi connectivity index (χ4v) is 12.7. The lowest BCUT2D eigenvalue weighted by molar-refractivity contribution is -0.161. The molecule has 0 amide bonds. The van der Waals surface area contributed by atoms with Crippen LogP contribution >= 0.6 is 15.6 Å². The molecule has 0 aromatic heterocycles. The Kier molecular flexibility index (Phi) is 70.2. The predicted molar refractivity (Wildman–Crippen MR) is 400 cm³/mol. The van der Waals surface area contributed by atoms with E-state index in [1.807, 2.05) is 0 Å². The van der Waals surface area contributed by atoms with Crippen molar-refractivity contribution in [2.24, 2.45) is 0 Å². The number of esters is 4. The summed E-state index contributed by atoms with van der Waals surface area (Å²) >= 11 is 0. The van der Waals surface area contributed by atoms with Crippen molar-refractivity contribution in [3.8, 4) is 0 Å². The first-order chi connectivity index (χ1) is 47.7. The molecule has 574 valence electrons. The number of carbonyl (C=O) groups is 4. The van der Waals surface area contributed by atoms with Crippen LogP contribution in [0.15, 0.2) is 48.6 Å². The molecule has 0 aliphatic rings. The van der Waals surface area contributed by atoms with Crippen LogP contribution in [0.25, 0.3) is 0 Å². The molecule has 0 aliphatic carbocycles. The summed E-state index contributed by atoms with van der Waals surface area (Å²) in [6.07, 6.45) is 69.4. The normalized spacial score (nSPS) is 14.2. The smallest absolute Gasteiger partial charge is 0.462 e. The van der Waals surface area contributed by atoms with Crippen LogP contribution in [0.5, 0.6) is 0 Å². The number of carbonyl (C=O) groups excluding carboxylic acids is 4. The summed E-state index contributed by atoms with van der Waals surface area (Å²) < 4.78 is 68.6. The van der Waals surface area contributed by atoms with E-state index in [4.69, 9.17) is 37.0 Å². The molecule has 0 bridgehead atoms. The van der Waals surface area contributed by atoms with E-state index in [1.165, 1.54) is 154 Å². The second kappa shape index (κ2) is 72.4. The molecule has 0 saturated carbocycles. The fraction of sp³-hybridized carbons (Fsp3) is 0.848. The molecule has 0 saturated heterocycles. The number of phosphoric ester groups is 2. The van der Waals surface area contributed by atoms with Gasteiger partial charge in [-0.1, -0.05) is 288 Å². The van der Waals surface area contributed by atoms with Gasteiger partial charge in [0.05, 0.1) is 26.4 Å². The molecule has 0 fully saturated rings. The Hall–Kier alpha value is -2.98. The zero-order chi connectivity index (χ0) is 71.8. The van der Waals surface area contributed by atoms with Crippen molar-refractivity contribution < 1.29 is 80.2 Å². The summed E-state index contributed by atoms with van der Waals surface area (Å²) in [6, 6.07) is 0. The van der Waals surface area contributed by atoms with E-state index in [1.54, 1.807) is 0 Å². The van der Waals surface area contributed by atoms with Crippen molar-refractivity contribution in [3.05, 3.63) is 48.6 Å². The lowest BCUT2D eigenvalue weighted by Crippen LogP contribution is -2.30. The number of phosphoric acid groups is 2. The van der Waals surface area contributed by atoms with Gasteiger partial charge in [-0.25, -0.2) is 9.13 Å². The number of hydrogen-bond donors (Lipinski definition) is 3. The Balaban J connectivity index is 5.34. The van der Waals surface area contributed by atoms with Crippen LogP contribution in [0.2, 0.25) is 0 Å². The van der Waals surface area contributed by atoms with E-state index in [0.29, 0.717) is 25.7 Å². The van der Waals surface area contributed by atoms with Crippen molar-refractivity contribution in [1.29, 1.82) is 0 Å². The van der Waals surface area contributed by atoms with Crippen molar-refractivity contribution >= 4 is 39.5 Å². The SMILES string of the molecule is CCCCC/C=C\C/C=C\CCCCCCCC(=O)O[C@H](COC(=O)CCCCCCCCCCCCCCC)COP(=O)(O)OC[C@@H](O)COP(=O)(O)OC[C@@H](COC(=O)CCCCCCC/C=C\CCCCCCCC)OC(=O)CCCCCCC/C=C\CCCCCCCC. The van der Waals surface area contributed by atoms with Gasteiger partial charge in [0.15, 0.2) is 12.2 Å². The second-order valence-corrected chi connectivity index (χ2v) is 29.9. The number of rotatable bonds is 76. The molecular weight excluding hydrogens is 1280 g/mol. The molecular formula is C79H146O17P2. The van der Waals surface area contributed by atoms with Crippen LogP contribution in [0, 0.1) is 0 Å². The minimum Gasteiger partial charge on any atom is -0.462 e. The zero-order valence-electron chi connectivity index (χ0n) is 62.7. The molecule has 0 heterocycles. The van der Waals surface area contributed by atoms with Gasteiger partial charge in [-0.3, -0.25) is 37.3 Å². The van der Waals surface area contributed by atoms with E-state index >= 15 is 0 Å². The van der Waals surface area contributed by atoms with Crippen molar-refractivity contribution in [2.75, 3.05) is 39.6 Å². The van der Waals surface area contributed by atoms with E-state index in [2.05, 4.69) is 76.3 Å². The van der Waals surface area contributed by atoms with E-state index in [0.717, 1.165) is 141 Å². The molecule has 98 heavy (non-hydrogen) atoms. The Morgan fingerprint density at radius 2 is 0.500 bits per heavy atom. The number of unbranched alkanes of at least 4 members (excludes halogenated alkanes) is 42. The lowest BCUT2D eigenvalue weighted by atomic mass is 10.0. The maximum atomic E-state index is 13.1. The third-order valence-electron chi connectivity index (χ3n) is 17.3. The number of hydrogen-bond acceptors (Lipinski definition) is 15. The quantitative estimate of drug-likeness (QED) is 0.0169. The zero-order valence-corrected chi connectivity index (χ0v) is 64.5. The minimum atomic E-state index is -4.97. The molecule has 17 nitrogen and oxygen atoms in total. The van der Waals surface area contributed by atoms with E-state index in [-0.39, 0.29) is 25.7 Å². The Labute approximate surface area is 597 Å². The van der Waals surface area contributed by atoms with Gasteiger partial charge in [0.25, 0.3) is 0 Å². The highest BCUT2D eigenvalue weighted by molar-refractivity contribution is 7.47. The van der Waals surface area contributed by atoms with Crippen LogP contribution in [0.3, 0.4) is 0 Å². The van der Waals surface area contributed by atoms with Crippen molar-refractivity contribution in [3.63, 3.8) is 0 Å². The fourth-order valence-electron chi connectivity index (χ4n) is 11.1. The van der Waals surface area contributed by atoms with Crippen molar-refractivity contribution in [2.45, 2.75) is 393 Å². The minimum absolute atomic E-state index is 0.0848. The summed E-state index contributed by atoms with van der Waals surface area (Å²) in [5.74, 6) is -2.17. The standard InChI is InChI=1S/C79H146O17P2/c1-5-9-13-17-21-25-29-33-36-40-44-48-52-56-60-64-77(82)90-70-75(96-79(84)66-62-58-54-50-46-42-38-35-31-27-23-19-15-11-7-3)72-94-98(87,88)92-68-73(80)67-91-97(85,86)93-71-74(69-89-76(81)63-59-55-51-47-43-39-32-28-24-20-16-12-8-4)95-78(83)65-61-57-53-49-45-41-37-34-30-26-22-18-14-10-6-2/h22,26,33-38,73-75,80H,5-21,23-25,27-32,39-72H2,1-4H3,(H,85,86)(H,87,88)/b26-22-,36-33-,37-34-,38-35-/t73-,74-,75-/m1/s1. The van der Waals surface area contributed by atoms with Crippen LogP contribution < -0.4 is 0 Å². The predicted octanol–water partition coefficient (Wildman–Crippen LogP) is 22.9. The third kappa shape index (κ3) is 71.4. The molecule has 2 unspecified atom stereocenters. The van der Waals surface area contributed by atoms with Crippen LogP contribution in [0.1, 0.15) is 374 Å². The van der Waals surface area contributed by atoms with Crippen LogP contribution in [-0.4, -0.2) is 96.7 Å². The molecule has 3 N–H and O–H groups in total. The summed E-state index contributed by atoms with van der Waals surface area (Å²) in [5, 5.41) is 10.6. The summed E-state index contributed by atoms with van der Waals surface area (Å²) in [7, 11) is -9.94. The van der Waals surface area contributed by atoms with Gasteiger partial charge in [-0.05, 0) is 109 Å². The molecule has 5 atom stereocenters. The van der Waals surface area contributed by atoms with Crippen LogP contribution in [0.4, 0.5) is 0 Å². The molecule has 0 radical (unpaired) electrons. The summed E-state index contributed by atoms with van der Waals surface area (Å²) in [5.41, 5.74) is 0. The van der Waals surface area contributed by atoms with Gasteiger partial charge in [-0.15, -0.1) is 0 Å². The molecule has 0 spiro atoms. The highest BCUT2D eigenvalue weighted by atomic mass is 31.2. The second-order valence-electron chi connectivity index (χ2n) is 27.0. The molecule has 0 aromatic rings. The molecule has 0 aromatic carbocycles. The van der Waals surface area contributed by atoms with Gasteiger partial charge in [0.1, 0.15) is 19.3 Å². The number of aliphatic hydroxyl groups excluding tert-OH is 1. The van der Waals surface area contributed by atoms with Gasteiger partial charge in [0.2, 0.25) is 0 Å². The maximum absolute atomic E-state index is 13.1. The molecule has 19 heteroatoms. The maximum Gasteiger partial charge on any atom is 0.472 e. The van der Waals surface area contributed by atoms with E-state index in [9.17, 15) is 43.2 Å². The first-order valence-electron chi connectivity index (χ1n) is 39.9. The van der Waals surface area contributed by atoms with E-state index < -0.39 is 97.5 Å². The first-order valence-corrected chi connectivity index (χ1v) is 42.9. The largest absolute Gasteiger partial charge is 0.472 e. The molecule has 0 rings (SSSR count). The van der Waals surface area contributed by atoms with Gasteiger partial charge >= 0.3 is 39.5 Å². The van der Waals surface area contributed by atoms with Gasteiger partial charge in [-0.2, -0.15) is 0 Å². The van der Waals surface area contributed by atoms with Crippen molar-refractivity contribution in [1.82, 2.24) is 0 Å². The monoisotopic (exact) mass is 1430 g/mol. The number of allylic oxidation sites excluding steroid dienone is 8. The highest BCUT2D eigenvalue weighted by Crippen LogP contribution is 2.45. The highest BCUT2D eigenvalue weighted by Gasteiger charge is 2.30. The average molecular weight is 1430 g/mol. The Bertz CT molecular complexity index is 2050. The Morgan fingerprint density at radius 3 is 0.786 bits per heavy atom. The molecule has 0 aliphatic heterocycles. The third-order valence-corrected chi connectivity index (χ3v) is 19.2. The van der Waals surface area contributed by atoms with Crippen LogP contribution in [-0.2, 0) is 65.4 Å². The summed E-state index contributed by atoms with van der Waals surface area (Å²) in [4.78, 5) is 72.9. The summed E-state index contributed by atoms with van der Waals surface area (Å²) in [6.45, 7) is 4.88. The number of aliphatic hydroxyl groups is 1. The first kappa shape index (κ1) is 95.0. The topological polar surface area (TPSA) is 237 Å². The average Bonchev–Trinajstić information content (AvgIpc) is 1.05. The van der Waals surface area contributed by atoms with Gasteiger partial charge < -0.3 is 33.8 Å².